The molecule has 43 heavy (non-hydrogen) atoms. The van der Waals surface area contributed by atoms with Gasteiger partial charge in [-0.05, 0) is 43.3 Å². The van der Waals surface area contributed by atoms with Crippen LogP contribution < -0.4 is 9.64 Å². The second-order valence-corrected chi connectivity index (χ2v) is 16.0. The summed E-state index contributed by atoms with van der Waals surface area (Å²) < 4.78 is 19.6. The first-order valence-corrected chi connectivity index (χ1v) is 17.6. The number of fused-ring (bicyclic) bond motifs is 1. The standard InChI is InChI=1S/C31H40N4O7Si/c1-19-30(40-3)23-15-22(35-28(38)16-29(35)41-20(2)37)11-12-26(23)42-31(19)27(43(4,5)39)13-14-34-17-25(32-33-34)24(18-36)21-9-7-6-8-10-21/h6-12,15,17,19,24,27,29-31,36,39H,13-14,16,18H2,1-5H3/t19-,24?,27?,29?,30-,31-/m1/s1. The Morgan fingerprint density at radius 1 is 1.21 bits per heavy atom. The van der Waals surface area contributed by atoms with Crippen molar-refractivity contribution in [3.8, 4) is 5.75 Å². The van der Waals surface area contributed by atoms with Crippen LogP contribution in [0.4, 0.5) is 5.69 Å². The third-order valence-corrected chi connectivity index (χ3v) is 11.0. The summed E-state index contributed by atoms with van der Waals surface area (Å²) in [4.78, 5) is 36.8. The number of aromatic nitrogens is 3. The molecule has 1 aromatic heterocycles. The highest BCUT2D eigenvalue weighted by Crippen LogP contribution is 2.48. The maximum absolute atomic E-state index is 12.4. The molecule has 2 aliphatic rings. The van der Waals surface area contributed by atoms with Crippen LogP contribution in [-0.4, -0.2) is 71.1 Å². The molecule has 11 nitrogen and oxygen atoms in total. The number of rotatable bonds is 11. The fourth-order valence-corrected chi connectivity index (χ4v) is 8.34. The van der Waals surface area contributed by atoms with Crippen molar-refractivity contribution in [1.29, 1.82) is 0 Å². The van der Waals surface area contributed by atoms with Gasteiger partial charge < -0.3 is 24.1 Å². The van der Waals surface area contributed by atoms with Crippen molar-refractivity contribution in [3.05, 3.63) is 71.5 Å². The lowest BCUT2D eigenvalue weighted by atomic mass is 9.86. The molecule has 2 aliphatic heterocycles. The SMILES string of the molecule is CO[C@H]1c2cc(N3C(=O)CC3OC(C)=O)ccc2O[C@@H](C(CCn2cc(C(CO)c3ccccc3)nn2)[Si](C)(C)O)[C@@H]1C. The Morgan fingerprint density at radius 3 is 2.58 bits per heavy atom. The van der Waals surface area contributed by atoms with Gasteiger partial charge in [-0.2, -0.15) is 0 Å². The average molecular weight is 609 g/mol. The lowest BCUT2D eigenvalue weighted by Crippen LogP contribution is -2.55. The molecule has 1 fully saturated rings. The lowest BCUT2D eigenvalue weighted by molar-refractivity contribution is -0.153. The van der Waals surface area contributed by atoms with E-state index >= 15 is 0 Å². The first-order valence-electron chi connectivity index (χ1n) is 14.6. The summed E-state index contributed by atoms with van der Waals surface area (Å²) in [6, 6.07) is 15.2. The summed E-state index contributed by atoms with van der Waals surface area (Å²) in [5, 5.41) is 18.7. The Labute approximate surface area is 252 Å². The molecule has 2 aromatic carbocycles. The smallest absolute Gasteiger partial charge is 0.304 e. The summed E-state index contributed by atoms with van der Waals surface area (Å²) in [6.45, 7) is 7.66. The zero-order valence-electron chi connectivity index (χ0n) is 25.2. The molecule has 3 unspecified atom stereocenters. The Morgan fingerprint density at radius 2 is 1.95 bits per heavy atom. The van der Waals surface area contributed by atoms with Gasteiger partial charge in [0.1, 0.15) is 11.9 Å². The predicted octanol–water partition coefficient (Wildman–Crippen LogP) is 3.77. The number of carbonyl (C=O) groups is 2. The molecule has 3 aromatic rings. The number of aliphatic hydroxyl groups is 1. The Bertz CT molecular complexity index is 1440. The van der Waals surface area contributed by atoms with Gasteiger partial charge in [0, 0.05) is 49.5 Å². The van der Waals surface area contributed by atoms with Crippen LogP contribution in [0, 0.1) is 5.92 Å². The minimum atomic E-state index is -2.75. The summed E-state index contributed by atoms with van der Waals surface area (Å²) in [7, 11) is -1.10. The van der Waals surface area contributed by atoms with Crippen molar-refractivity contribution in [3.63, 3.8) is 0 Å². The topological polar surface area (TPSA) is 136 Å². The molecule has 6 atom stereocenters. The largest absolute Gasteiger partial charge is 0.490 e. The number of carbonyl (C=O) groups excluding carboxylic acids is 2. The molecule has 1 saturated heterocycles. The van der Waals surface area contributed by atoms with E-state index in [4.69, 9.17) is 14.2 Å². The summed E-state index contributed by atoms with van der Waals surface area (Å²) in [6.07, 6.45) is 1.33. The molecule has 5 rings (SSSR count). The van der Waals surface area contributed by atoms with E-state index in [2.05, 4.69) is 17.2 Å². The van der Waals surface area contributed by atoms with Crippen LogP contribution >= 0.6 is 0 Å². The molecule has 0 radical (unpaired) electrons. The van der Waals surface area contributed by atoms with E-state index in [1.54, 1.807) is 17.9 Å². The van der Waals surface area contributed by atoms with Crippen LogP contribution in [0.1, 0.15) is 55.5 Å². The quantitative estimate of drug-likeness (QED) is 0.189. The number of hydrogen-bond donors (Lipinski definition) is 2. The molecular formula is C31H40N4O7Si. The van der Waals surface area contributed by atoms with Crippen LogP contribution in [0.25, 0.3) is 0 Å². The number of nitrogens with zero attached hydrogens (tertiary/aromatic N) is 4. The molecule has 230 valence electrons. The van der Waals surface area contributed by atoms with Gasteiger partial charge in [-0.1, -0.05) is 42.5 Å². The highest BCUT2D eigenvalue weighted by atomic mass is 28.4. The number of β-lactam (4-membered cyclic amide) rings is 1. The van der Waals surface area contributed by atoms with Gasteiger partial charge in [0.2, 0.25) is 5.91 Å². The van der Waals surface area contributed by atoms with Gasteiger partial charge in [0.05, 0.1) is 30.7 Å². The zero-order valence-corrected chi connectivity index (χ0v) is 26.2. The van der Waals surface area contributed by atoms with Crippen molar-refractivity contribution in [2.75, 3.05) is 18.6 Å². The molecule has 0 bridgehead atoms. The van der Waals surface area contributed by atoms with Gasteiger partial charge in [-0.15, -0.1) is 5.10 Å². The van der Waals surface area contributed by atoms with Crippen LogP contribution in [-0.2, 0) is 25.6 Å². The number of methoxy groups -OCH3 is 1. The fraction of sp³-hybridized carbons (Fsp3) is 0.484. The van der Waals surface area contributed by atoms with Crippen molar-refractivity contribution >= 4 is 25.9 Å². The van der Waals surface area contributed by atoms with Gasteiger partial charge in [-0.25, -0.2) is 0 Å². The van der Waals surface area contributed by atoms with E-state index in [0.717, 1.165) is 11.1 Å². The van der Waals surface area contributed by atoms with Crippen molar-refractivity contribution < 1.29 is 33.7 Å². The molecule has 0 spiro atoms. The van der Waals surface area contributed by atoms with Crippen molar-refractivity contribution in [2.45, 2.75) is 76.2 Å². The van der Waals surface area contributed by atoms with Gasteiger partial charge in [-0.3, -0.25) is 19.2 Å². The predicted molar refractivity (Wildman–Crippen MR) is 161 cm³/mol. The normalized spacial score (nSPS) is 23.1. The maximum atomic E-state index is 12.4. The molecule has 3 heterocycles. The van der Waals surface area contributed by atoms with E-state index in [1.165, 1.54) is 11.8 Å². The molecule has 1 amide bonds. The number of amides is 1. The maximum Gasteiger partial charge on any atom is 0.304 e. The molecule has 2 N–H and O–H groups in total. The Balaban J connectivity index is 1.35. The zero-order chi connectivity index (χ0) is 30.9. The van der Waals surface area contributed by atoms with Crippen molar-refractivity contribution in [2.24, 2.45) is 5.92 Å². The van der Waals surface area contributed by atoms with Crippen LogP contribution in [0.2, 0.25) is 18.6 Å². The first-order chi connectivity index (χ1) is 20.5. The van der Waals surface area contributed by atoms with E-state index < -0.39 is 20.5 Å². The van der Waals surface area contributed by atoms with Gasteiger partial charge in [0.25, 0.3) is 0 Å². The molecule has 0 aliphatic carbocycles. The Hall–Kier alpha value is -3.58. The minimum absolute atomic E-state index is 0.0782. The number of anilines is 1. The van der Waals surface area contributed by atoms with Crippen LogP contribution in [0.5, 0.6) is 5.75 Å². The summed E-state index contributed by atoms with van der Waals surface area (Å²) >= 11 is 0. The molecular weight excluding hydrogens is 568 g/mol. The second-order valence-electron chi connectivity index (χ2n) is 12.0. The van der Waals surface area contributed by atoms with Crippen molar-refractivity contribution in [1.82, 2.24) is 15.0 Å². The van der Waals surface area contributed by atoms with E-state index in [9.17, 15) is 19.5 Å². The Kier molecular flexibility index (Phi) is 9.02. The fourth-order valence-electron chi connectivity index (χ4n) is 6.33. The second kappa shape index (κ2) is 12.6. The average Bonchev–Trinajstić information content (AvgIpc) is 3.41. The lowest BCUT2D eigenvalue weighted by Gasteiger charge is -2.44. The third kappa shape index (κ3) is 6.37. The number of ether oxygens (including phenoxy) is 3. The number of esters is 1. The van der Waals surface area contributed by atoms with Gasteiger partial charge >= 0.3 is 5.97 Å². The number of aliphatic hydroxyl groups excluding tert-OH is 1. The monoisotopic (exact) mass is 608 g/mol. The van der Waals surface area contributed by atoms with Crippen LogP contribution in [0.15, 0.2) is 54.7 Å². The number of hydrogen-bond acceptors (Lipinski definition) is 9. The minimum Gasteiger partial charge on any atom is -0.490 e. The summed E-state index contributed by atoms with van der Waals surface area (Å²) in [5.41, 5.74) is 2.92. The van der Waals surface area contributed by atoms with Crippen LogP contribution in [0.3, 0.4) is 0 Å². The molecule has 12 heteroatoms. The highest BCUT2D eigenvalue weighted by Gasteiger charge is 2.47. The van der Waals surface area contributed by atoms with E-state index in [0.29, 0.717) is 30.1 Å². The summed E-state index contributed by atoms with van der Waals surface area (Å²) in [5.74, 6) is -0.313. The number of benzene rings is 2. The van der Waals surface area contributed by atoms with E-state index in [-0.39, 0.29) is 48.5 Å². The van der Waals surface area contributed by atoms with E-state index in [1.807, 2.05) is 61.8 Å². The first kappa shape index (κ1) is 30.9. The third-order valence-electron chi connectivity index (χ3n) is 8.57. The van der Waals surface area contributed by atoms with Gasteiger partial charge in [0.15, 0.2) is 14.5 Å². The molecule has 0 saturated carbocycles. The number of aryl methyl sites for hydroxylation is 1. The highest BCUT2D eigenvalue weighted by molar-refractivity contribution is 6.71.